The molecule has 0 radical (unpaired) electrons. The molecule has 0 aromatic heterocycles. The monoisotopic (exact) mass is 278 g/mol. The van der Waals surface area contributed by atoms with Gasteiger partial charge in [0.15, 0.2) is 0 Å². The van der Waals surface area contributed by atoms with E-state index in [1.54, 1.807) is 0 Å². The predicted molar refractivity (Wildman–Crippen MR) is 78.7 cm³/mol. The van der Waals surface area contributed by atoms with Crippen molar-refractivity contribution < 1.29 is 14.3 Å². The molecule has 0 unspecified atom stereocenters. The van der Waals surface area contributed by atoms with E-state index < -0.39 is 18.0 Å². The Morgan fingerprint density at radius 3 is 2.10 bits per heavy atom. The van der Waals surface area contributed by atoms with Gasteiger partial charge in [-0.15, -0.1) is 0 Å². The van der Waals surface area contributed by atoms with Gasteiger partial charge in [0.25, 0.3) is 0 Å². The SMILES string of the molecule is COC(=O)[C@@H](NC(=O)Nc1cc(C)cc(C)c1)C(C)C. The maximum absolute atomic E-state index is 11.9. The molecule has 0 aliphatic heterocycles. The molecular formula is C15H22N2O3. The third-order valence-electron chi connectivity index (χ3n) is 2.89. The molecule has 0 spiro atoms. The molecule has 0 heterocycles. The summed E-state index contributed by atoms with van der Waals surface area (Å²) in [6.07, 6.45) is 0. The van der Waals surface area contributed by atoms with Crippen molar-refractivity contribution in [2.45, 2.75) is 33.7 Å². The van der Waals surface area contributed by atoms with Crippen LogP contribution in [0.4, 0.5) is 10.5 Å². The van der Waals surface area contributed by atoms with Crippen molar-refractivity contribution in [1.82, 2.24) is 5.32 Å². The summed E-state index contributed by atoms with van der Waals surface area (Å²) in [5.41, 5.74) is 2.83. The Labute approximate surface area is 119 Å². The van der Waals surface area contributed by atoms with Crippen molar-refractivity contribution >= 4 is 17.7 Å². The minimum atomic E-state index is -0.661. The van der Waals surface area contributed by atoms with Crippen molar-refractivity contribution in [1.29, 1.82) is 0 Å². The molecule has 0 aliphatic rings. The Hall–Kier alpha value is -2.04. The van der Waals surface area contributed by atoms with Crippen molar-refractivity contribution in [3.63, 3.8) is 0 Å². The first-order valence-electron chi connectivity index (χ1n) is 6.57. The van der Waals surface area contributed by atoms with Gasteiger partial charge in [0.05, 0.1) is 7.11 Å². The third kappa shape index (κ3) is 4.57. The second kappa shape index (κ2) is 6.93. The summed E-state index contributed by atoms with van der Waals surface area (Å²) >= 11 is 0. The molecule has 5 heteroatoms. The maximum atomic E-state index is 11.9. The second-order valence-corrected chi connectivity index (χ2v) is 5.22. The van der Waals surface area contributed by atoms with Gasteiger partial charge in [0.2, 0.25) is 0 Å². The number of anilines is 1. The first kappa shape index (κ1) is 16.0. The number of esters is 1. The van der Waals surface area contributed by atoms with E-state index in [0.29, 0.717) is 5.69 Å². The molecule has 110 valence electrons. The highest BCUT2D eigenvalue weighted by Gasteiger charge is 2.24. The van der Waals surface area contributed by atoms with E-state index in [0.717, 1.165) is 11.1 Å². The predicted octanol–water partition coefficient (Wildman–Crippen LogP) is 2.62. The number of rotatable bonds is 4. The van der Waals surface area contributed by atoms with Crippen LogP contribution in [0, 0.1) is 19.8 Å². The number of benzene rings is 1. The molecule has 0 saturated carbocycles. The maximum Gasteiger partial charge on any atom is 0.328 e. The molecule has 1 aromatic rings. The lowest BCUT2D eigenvalue weighted by Crippen LogP contribution is -2.46. The molecule has 2 amide bonds. The number of urea groups is 1. The summed E-state index contributed by atoms with van der Waals surface area (Å²) in [7, 11) is 1.31. The summed E-state index contributed by atoms with van der Waals surface area (Å²) in [6, 6.07) is 4.68. The minimum Gasteiger partial charge on any atom is -0.467 e. The quantitative estimate of drug-likeness (QED) is 0.832. The minimum absolute atomic E-state index is 0.0487. The molecule has 20 heavy (non-hydrogen) atoms. The number of methoxy groups -OCH3 is 1. The number of nitrogens with one attached hydrogen (secondary N) is 2. The first-order valence-corrected chi connectivity index (χ1v) is 6.57. The Morgan fingerprint density at radius 1 is 1.10 bits per heavy atom. The molecule has 1 atom stereocenters. The molecule has 0 saturated heterocycles. The van der Waals surface area contributed by atoms with Gasteiger partial charge in [-0.1, -0.05) is 19.9 Å². The van der Waals surface area contributed by atoms with Gasteiger partial charge < -0.3 is 15.4 Å². The molecule has 1 aromatic carbocycles. The zero-order valence-corrected chi connectivity index (χ0v) is 12.6. The number of hydrogen-bond donors (Lipinski definition) is 2. The van der Waals surface area contributed by atoms with Gasteiger partial charge in [-0.2, -0.15) is 0 Å². The third-order valence-corrected chi connectivity index (χ3v) is 2.89. The highest BCUT2D eigenvalue weighted by atomic mass is 16.5. The number of carbonyl (C=O) groups is 2. The van der Waals surface area contributed by atoms with Crippen LogP contribution in [0.15, 0.2) is 18.2 Å². The molecule has 2 N–H and O–H groups in total. The van der Waals surface area contributed by atoms with Crippen molar-refractivity contribution in [2.75, 3.05) is 12.4 Å². The fourth-order valence-electron chi connectivity index (χ4n) is 1.98. The number of aryl methyl sites for hydroxylation is 2. The lowest BCUT2D eigenvalue weighted by Gasteiger charge is -2.20. The van der Waals surface area contributed by atoms with Crippen LogP contribution in [0.1, 0.15) is 25.0 Å². The van der Waals surface area contributed by atoms with E-state index in [2.05, 4.69) is 15.4 Å². The largest absolute Gasteiger partial charge is 0.467 e. The van der Waals surface area contributed by atoms with Crippen LogP contribution in [-0.2, 0) is 9.53 Å². The smallest absolute Gasteiger partial charge is 0.328 e. The summed E-state index contributed by atoms with van der Waals surface area (Å²) in [5, 5.41) is 5.36. The van der Waals surface area contributed by atoms with E-state index in [-0.39, 0.29) is 5.92 Å². The molecule has 1 rings (SSSR count). The van der Waals surface area contributed by atoms with E-state index in [4.69, 9.17) is 0 Å². The van der Waals surface area contributed by atoms with Crippen LogP contribution in [0.2, 0.25) is 0 Å². The number of carbonyl (C=O) groups excluding carboxylic acids is 2. The van der Waals surface area contributed by atoms with Crippen LogP contribution in [0.5, 0.6) is 0 Å². The van der Waals surface area contributed by atoms with Gasteiger partial charge in [0, 0.05) is 5.69 Å². The Kier molecular flexibility index (Phi) is 5.55. The fraction of sp³-hybridized carbons (Fsp3) is 0.467. The van der Waals surface area contributed by atoms with E-state index in [9.17, 15) is 9.59 Å². The van der Waals surface area contributed by atoms with Crippen LogP contribution in [0.25, 0.3) is 0 Å². The van der Waals surface area contributed by atoms with Gasteiger partial charge in [-0.3, -0.25) is 0 Å². The van der Waals surface area contributed by atoms with Gasteiger partial charge in [-0.25, -0.2) is 9.59 Å². The fourth-order valence-corrected chi connectivity index (χ4v) is 1.98. The average Bonchev–Trinajstić information content (AvgIpc) is 2.33. The lowest BCUT2D eigenvalue weighted by atomic mass is 10.1. The summed E-state index contributed by atoms with van der Waals surface area (Å²) < 4.78 is 4.68. The van der Waals surface area contributed by atoms with Gasteiger partial charge in [-0.05, 0) is 43.0 Å². The van der Waals surface area contributed by atoms with E-state index >= 15 is 0 Å². The standard InChI is InChI=1S/C15H22N2O3/c1-9(2)13(14(18)20-5)17-15(19)16-12-7-10(3)6-11(4)8-12/h6-9,13H,1-5H3,(H2,16,17,19)/t13-/m0/s1. The first-order chi connectivity index (χ1) is 9.33. The van der Waals surface area contributed by atoms with Gasteiger partial charge >= 0.3 is 12.0 Å². The Morgan fingerprint density at radius 2 is 1.65 bits per heavy atom. The Balaban J connectivity index is 2.73. The second-order valence-electron chi connectivity index (χ2n) is 5.22. The van der Waals surface area contributed by atoms with Crippen LogP contribution in [0.3, 0.4) is 0 Å². The zero-order chi connectivity index (χ0) is 15.3. The molecule has 0 bridgehead atoms. The van der Waals surface area contributed by atoms with E-state index in [1.165, 1.54) is 7.11 Å². The molecule has 0 fully saturated rings. The molecular weight excluding hydrogens is 256 g/mol. The normalized spacial score (nSPS) is 11.9. The van der Waals surface area contributed by atoms with Crippen molar-refractivity contribution in [3.8, 4) is 0 Å². The van der Waals surface area contributed by atoms with E-state index in [1.807, 2.05) is 45.9 Å². The molecule has 5 nitrogen and oxygen atoms in total. The summed E-state index contributed by atoms with van der Waals surface area (Å²) in [6.45, 7) is 7.61. The highest BCUT2D eigenvalue weighted by molar-refractivity contribution is 5.92. The van der Waals surface area contributed by atoms with Crippen LogP contribution in [-0.4, -0.2) is 25.2 Å². The summed E-state index contributed by atoms with van der Waals surface area (Å²) in [5.74, 6) is -0.497. The number of amides is 2. The Bertz CT molecular complexity index is 478. The zero-order valence-electron chi connectivity index (χ0n) is 12.6. The number of hydrogen-bond acceptors (Lipinski definition) is 3. The van der Waals surface area contributed by atoms with Crippen LogP contribution >= 0.6 is 0 Å². The molecule has 0 aliphatic carbocycles. The number of ether oxygens (including phenoxy) is 1. The van der Waals surface area contributed by atoms with Crippen molar-refractivity contribution in [2.24, 2.45) is 5.92 Å². The topological polar surface area (TPSA) is 67.4 Å². The van der Waals surface area contributed by atoms with Crippen LogP contribution < -0.4 is 10.6 Å². The highest BCUT2D eigenvalue weighted by Crippen LogP contribution is 2.14. The summed E-state index contributed by atoms with van der Waals surface area (Å²) in [4.78, 5) is 23.5. The lowest BCUT2D eigenvalue weighted by molar-refractivity contribution is -0.143. The van der Waals surface area contributed by atoms with Gasteiger partial charge in [0.1, 0.15) is 6.04 Å². The van der Waals surface area contributed by atoms with Crippen molar-refractivity contribution in [3.05, 3.63) is 29.3 Å². The average molecular weight is 278 g/mol.